The highest BCUT2D eigenvalue weighted by molar-refractivity contribution is 6.82. The predicted octanol–water partition coefficient (Wildman–Crippen LogP) is 4.22. The van der Waals surface area contributed by atoms with E-state index < -0.39 is 8.24 Å². The number of nitrogens with zero attached hydrogens (tertiary/aromatic N) is 2. The van der Waals surface area contributed by atoms with E-state index in [2.05, 4.69) is 63.9 Å². The molecule has 0 saturated heterocycles. The average molecular weight is 238 g/mol. The number of aromatic nitrogens is 2. The van der Waals surface area contributed by atoms with Gasteiger partial charge >= 0.3 is 0 Å². The lowest BCUT2D eigenvalue weighted by Gasteiger charge is -2.44. The summed E-state index contributed by atoms with van der Waals surface area (Å²) in [4.78, 5) is 4.43. The molecule has 0 aliphatic heterocycles. The van der Waals surface area contributed by atoms with Crippen molar-refractivity contribution in [1.82, 2.24) is 9.22 Å². The zero-order valence-electron chi connectivity index (χ0n) is 11.8. The van der Waals surface area contributed by atoms with Gasteiger partial charge in [0.05, 0.1) is 5.82 Å². The second-order valence-electron chi connectivity index (χ2n) is 5.70. The van der Waals surface area contributed by atoms with E-state index in [1.54, 1.807) is 0 Å². The van der Waals surface area contributed by atoms with Crippen molar-refractivity contribution in [3.05, 3.63) is 18.2 Å². The zero-order chi connectivity index (χ0) is 12.5. The molecule has 1 heterocycles. The molecular formula is C13H26N2Si. The SMILES string of the molecule is Cc1nccn1[Si](C(C)C)(C(C)C)C(C)C. The highest BCUT2D eigenvalue weighted by Gasteiger charge is 2.45. The Morgan fingerprint density at radius 2 is 1.44 bits per heavy atom. The molecule has 0 aromatic carbocycles. The van der Waals surface area contributed by atoms with Crippen molar-refractivity contribution in [2.45, 2.75) is 65.1 Å². The van der Waals surface area contributed by atoms with Gasteiger partial charge < -0.3 is 4.23 Å². The van der Waals surface area contributed by atoms with Crippen molar-refractivity contribution in [3.8, 4) is 0 Å². The number of hydrogen-bond donors (Lipinski definition) is 0. The van der Waals surface area contributed by atoms with E-state index in [9.17, 15) is 0 Å². The van der Waals surface area contributed by atoms with Gasteiger partial charge in [0.2, 0.25) is 0 Å². The van der Waals surface area contributed by atoms with Gasteiger partial charge in [-0.3, -0.25) is 0 Å². The monoisotopic (exact) mass is 238 g/mol. The van der Waals surface area contributed by atoms with Gasteiger partial charge in [0.25, 0.3) is 0 Å². The van der Waals surface area contributed by atoms with Gasteiger partial charge in [0, 0.05) is 12.4 Å². The van der Waals surface area contributed by atoms with Gasteiger partial charge in [0.15, 0.2) is 8.24 Å². The Kier molecular flexibility index (Phi) is 4.00. The van der Waals surface area contributed by atoms with Gasteiger partial charge in [-0.05, 0) is 23.5 Å². The number of imidazole rings is 1. The van der Waals surface area contributed by atoms with Crippen molar-refractivity contribution in [1.29, 1.82) is 0 Å². The second kappa shape index (κ2) is 4.74. The van der Waals surface area contributed by atoms with Crippen LogP contribution in [-0.2, 0) is 0 Å². The van der Waals surface area contributed by atoms with Crippen LogP contribution in [0.4, 0.5) is 0 Å². The normalized spacial score (nSPS) is 13.1. The summed E-state index contributed by atoms with van der Waals surface area (Å²) in [5, 5.41) is 0. The first-order valence-corrected chi connectivity index (χ1v) is 8.53. The fraction of sp³-hybridized carbons (Fsp3) is 0.769. The predicted molar refractivity (Wildman–Crippen MR) is 73.4 cm³/mol. The molecule has 0 spiro atoms. The van der Waals surface area contributed by atoms with E-state index in [0.717, 1.165) is 16.6 Å². The van der Waals surface area contributed by atoms with Crippen LogP contribution in [0.5, 0.6) is 0 Å². The largest absolute Gasteiger partial charge is 0.361 e. The van der Waals surface area contributed by atoms with Crippen molar-refractivity contribution in [3.63, 3.8) is 0 Å². The maximum Gasteiger partial charge on any atom is 0.170 e. The molecule has 0 fully saturated rings. The maximum atomic E-state index is 4.43. The summed E-state index contributed by atoms with van der Waals surface area (Å²) in [5.41, 5.74) is 2.21. The van der Waals surface area contributed by atoms with E-state index >= 15 is 0 Å². The Morgan fingerprint density at radius 3 is 1.69 bits per heavy atom. The molecule has 0 aliphatic rings. The molecule has 0 radical (unpaired) electrons. The van der Waals surface area contributed by atoms with Gasteiger partial charge in [-0.2, -0.15) is 0 Å². The summed E-state index contributed by atoms with van der Waals surface area (Å²) in [5.74, 6) is 1.18. The Morgan fingerprint density at radius 1 is 1.00 bits per heavy atom. The number of rotatable bonds is 4. The van der Waals surface area contributed by atoms with Crippen LogP contribution in [0.3, 0.4) is 0 Å². The smallest absolute Gasteiger partial charge is 0.170 e. The van der Waals surface area contributed by atoms with E-state index in [-0.39, 0.29) is 0 Å². The third kappa shape index (κ3) is 1.86. The van der Waals surface area contributed by atoms with Gasteiger partial charge in [0.1, 0.15) is 0 Å². The van der Waals surface area contributed by atoms with E-state index in [4.69, 9.17) is 0 Å². The summed E-state index contributed by atoms with van der Waals surface area (Å²) in [6, 6.07) is 0. The van der Waals surface area contributed by atoms with Crippen LogP contribution in [-0.4, -0.2) is 17.5 Å². The summed E-state index contributed by atoms with van der Waals surface area (Å²) >= 11 is 0. The second-order valence-corrected chi connectivity index (χ2v) is 11.4. The summed E-state index contributed by atoms with van der Waals surface area (Å²) in [6.07, 6.45) is 4.14. The van der Waals surface area contributed by atoms with Crippen molar-refractivity contribution < 1.29 is 0 Å². The Balaban J connectivity index is 3.39. The van der Waals surface area contributed by atoms with Crippen molar-refractivity contribution in [2.75, 3.05) is 0 Å². The molecule has 2 nitrogen and oxygen atoms in total. The van der Waals surface area contributed by atoms with Crippen molar-refractivity contribution in [2.24, 2.45) is 0 Å². The van der Waals surface area contributed by atoms with E-state index in [1.807, 2.05) is 6.20 Å². The summed E-state index contributed by atoms with van der Waals surface area (Å²) in [6.45, 7) is 16.4. The molecule has 1 aromatic rings. The first-order valence-electron chi connectivity index (χ1n) is 6.35. The molecule has 92 valence electrons. The molecule has 0 atom stereocenters. The molecule has 0 amide bonds. The Bertz CT molecular complexity index is 318. The number of aryl methyl sites for hydroxylation is 1. The molecule has 0 unspecified atom stereocenters. The zero-order valence-corrected chi connectivity index (χ0v) is 12.8. The fourth-order valence-corrected chi connectivity index (χ4v) is 10.2. The highest BCUT2D eigenvalue weighted by atomic mass is 28.3. The van der Waals surface area contributed by atoms with Crippen LogP contribution in [0.2, 0.25) is 16.6 Å². The molecule has 0 aliphatic carbocycles. The molecule has 16 heavy (non-hydrogen) atoms. The highest BCUT2D eigenvalue weighted by Crippen LogP contribution is 2.42. The lowest BCUT2D eigenvalue weighted by atomic mass is 10.5. The minimum absolute atomic E-state index is 0.736. The fourth-order valence-electron chi connectivity index (χ4n) is 3.62. The van der Waals surface area contributed by atoms with Crippen LogP contribution < -0.4 is 0 Å². The standard InChI is InChI=1S/C13H26N2Si/c1-10(2)16(11(3)4,12(5)6)15-9-8-14-13(15)7/h8-12H,1-7H3. The van der Waals surface area contributed by atoms with Crippen LogP contribution >= 0.6 is 0 Å². The summed E-state index contributed by atoms with van der Waals surface area (Å²) < 4.78 is 2.52. The summed E-state index contributed by atoms with van der Waals surface area (Å²) in [7, 11) is -1.54. The first kappa shape index (κ1) is 13.5. The minimum Gasteiger partial charge on any atom is -0.361 e. The lowest BCUT2D eigenvalue weighted by Crippen LogP contribution is -2.52. The lowest BCUT2D eigenvalue weighted by molar-refractivity contribution is 0.753. The molecular weight excluding hydrogens is 212 g/mol. The van der Waals surface area contributed by atoms with Crippen LogP contribution in [0.25, 0.3) is 0 Å². The van der Waals surface area contributed by atoms with Gasteiger partial charge in [-0.1, -0.05) is 41.5 Å². The molecule has 0 N–H and O–H groups in total. The average Bonchev–Trinajstić information content (AvgIpc) is 2.51. The van der Waals surface area contributed by atoms with E-state index in [0.29, 0.717) is 0 Å². The molecule has 0 bridgehead atoms. The topological polar surface area (TPSA) is 17.8 Å². The Hall–Kier alpha value is -0.573. The Labute approximate surface area is 101 Å². The molecule has 3 heteroatoms. The first-order chi connectivity index (χ1) is 7.35. The third-order valence-corrected chi connectivity index (χ3v) is 10.9. The quantitative estimate of drug-likeness (QED) is 0.718. The maximum absolute atomic E-state index is 4.43. The van der Waals surface area contributed by atoms with Gasteiger partial charge in [-0.15, -0.1) is 0 Å². The van der Waals surface area contributed by atoms with Gasteiger partial charge in [-0.25, -0.2) is 4.98 Å². The van der Waals surface area contributed by atoms with E-state index in [1.165, 1.54) is 5.82 Å². The van der Waals surface area contributed by atoms with Crippen LogP contribution in [0, 0.1) is 6.92 Å². The third-order valence-electron chi connectivity index (χ3n) is 4.02. The van der Waals surface area contributed by atoms with Crippen LogP contribution in [0.15, 0.2) is 12.4 Å². The molecule has 1 rings (SSSR count). The molecule has 1 aromatic heterocycles. The number of hydrogen-bond acceptors (Lipinski definition) is 1. The van der Waals surface area contributed by atoms with Crippen molar-refractivity contribution >= 4 is 8.24 Å². The minimum atomic E-state index is -1.54. The van der Waals surface area contributed by atoms with Crippen LogP contribution in [0.1, 0.15) is 47.4 Å². The molecule has 0 saturated carbocycles.